The first-order chi connectivity index (χ1) is 40.9. The molecule has 3 heteroatoms. The Hall–Kier alpha value is -10.7. The molecule has 0 fully saturated rings. The van der Waals surface area contributed by atoms with E-state index in [1.807, 2.05) is 0 Å². The van der Waals surface area contributed by atoms with Gasteiger partial charge in [-0.1, -0.05) is 217 Å². The van der Waals surface area contributed by atoms with Crippen molar-refractivity contribution in [1.29, 1.82) is 0 Å². The minimum atomic E-state index is 1.07. The van der Waals surface area contributed by atoms with E-state index in [1.54, 1.807) is 0 Å². The van der Waals surface area contributed by atoms with Gasteiger partial charge in [-0.3, -0.25) is 0 Å². The second-order valence-electron chi connectivity index (χ2n) is 21.2. The van der Waals surface area contributed by atoms with Crippen molar-refractivity contribution in [2.24, 2.45) is 0 Å². The summed E-state index contributed by atoms with van der Waals surface area (Å²) in [6, 6.07) is 121. The van der Waals surface area contributed by atoms with Gasteiger partial charge in [0.2, 0.25) is 0 Å². The van der Waals surface area contributed by atoms with Crippen LogP contribution in [0.2, 0.25) is 0 Å². The van der Waals surface area contributed by atoms with E-state index in [-0.39, 0.29) is 0 Å². The molecule has 83 heavy (non-hydrogen) atoms. The number of hydrogen-bond acceptors (Lipinski definition) is 3. The summed E-state index contributed by atoms with van der Waals surface area (Å²) in [5.74, 6) is 0. The smallest absolute Gasteiger partial charge is 0.0462 e. The molecule has 0 aliphatic heterocycles. The molecule has 0 spiro atoms. The third-order valence-corrected chi connectivity index (χ3v) is 15.6. The zero-order valence-electron chi connectivity index (χ0n) is 46.6. The van der Waals surface area contributed by atoms with Crippen LogP contribution in [0.4, 0.5) is 51.2 Å². The molecule has 0 radical (unpaired) electrons. The Morgan fingerprint density at radius 3 is 0.482 bits per heavy atom. The Kier molecular flexibility index (Phi) is 14.7. The van der Waals surface area contributed by atoms with Crippen molar-refractivity contribution >= 4 is 51.2 Å². The monoisotopic (exact) mass is 1060 g/mol. The van der Waals surface area contributed by atoms with Crippen LogP contribution in [0.5, 0.6) is 0 Å². The first-order valence-corrected chi connectivity index (χ1v) is 28.5. The molecule has 0 N–H and O–H groups in total. The lowest BCUT2D eigenvalue weighted by atomic mass is 9.92. The lowest BCUT2D eigenvalue weighted by Crippen LogP contribution is -2.10. The van der Waals surface area contributed by atoms with E-state index in [2.05, 4.69) is 362 Å². The van der Waals surface area contributed by atoms with Crippen molar-refractivity contribution in [2.75, 3.05) is 14.7 Å². The number of aryl methyl sites for hydroxylation is 2. The van der Waals surface area contributed by atoms with E-state index in [4.69, 9.17) is 0 Å². The number of anilines is 9. The molecule has 3 nitrogen and oxygen atoms in total. The highest BCUT2D eigenvalue weighted by atomic mass is 15.2. The Balaban J connectivity index is 0.807. The SMILES string of the molecule is Cc1ccc(-c2cc(-c3ccc(C)cc3)cc(-c3ccc(-c4ccc(N(c5ccc(-c6ccc(N(c7ccccc7)c7ccccc7)cc6)cc5)c5ccc(-c6ccc(N(c7ccccc7)c7ccccc7)cc6)cc5)cc4)cc3)c2)cc1. The molecular formula is C80H61N3. The summed E-state index contributed by atoms with van der Waals surface area (Å²) in [6.45, 7) is 4.28. The fourth-order valence-electron chi connectivity index (χ4n) is 11.1. The first kappa shape index (κ1) is 51.7. The normalized spacial score (nSPS) is 11.0. The summed E-state index contributed by atoms with van der Waals surface area (Å²) in [6.07, 6.45) is 0. The van der Waals surface area contributed by atoms with Gasteiger partial charge in [0.15, 0.2) is 0 Å². The zero-order valence-corrected chi connectivity index (χ0v) is 46.6. The Labute approximate surface area is 488 Å². The van der Waals surface area contributed by atoms with Gasteiger partial charge in [-0.05, 0) is 208 Å². The number of benzene rings is 13. The Bertz CT molecular complexity index is 3910. The number of hydrogen-bond donors (Lipinski definition) is 0. The van der Waals surface area contributed by atoms with Gasteiger partial charge in [0, 0.05) is 51.2 Å². The largest absolute Gasteiger partial charge is 0.311 e. The van der Waals surface area contributed by atoms with Crippen LogP contribution in [-0.2, 0) is 0 Å². The lowest BCUT2D eigenvalue weighted by molar-refractivity contribution is 1.28. The zero-order chi connectivity index (χ0) is 55.9. The molecule has 0 aliphatic rings. The summed E-state index contributed by atoms with van der Waals surface area (Å²) < 4.78 is 0. The van der Waals surface area contributed by atoms with Gasteiger partial charge in [-0.15, -0.1) is 0 Å². The molecule has 0 atom stereocenters. The summed E-state index contributed by atoms with van der Waals surface area (Å²) >= 11 is 0. The van der Waals surface area contributed by atoms with Crippen LogP contribution in [0.3, 0.4) is 0 Å². The third-order valence-electron chi connectivity index (χ3n) is 15.6. The van der Waals surface area contributed by atoms with Crippen molar-refractivity contribution < 1.29 is 0 Å². The molecule has 396 valence electrons. The van der Waals surface area contributed by atoms with Crippen molar-refractivity contribution in [1.82, 2.24) is 0 Å². The van der Waals surface area contributed by atoms with Crippen LogP contribution in [0, 0.1) is 13.8 Å². The summed E-state index contributed by atoms with van der Waals surface area (Å²) in [5, 5.41) is 0. The topological polar surface area (TPSA) is 9.72 Å². The fourth-order valence-corrected chi connectivity index (χ4v) is 11.1. The molecule has 13 aromatic carbocycles. The van der Waals surface area contributed by atoms with E-state index < -0.39 is 0 Å². The van der Waals surface area contributed by atoms with E-state index >= 15 is 0 Å². The predicted octanol–water partition coefficient (Wildman–Crippen LogP) is 22.7. The van der Waals surface area contributed by atoms with Gasteiger partial charge in [-0.25, -0.2) is 0 Å². The molecule has 0 saturated heterocycles. The lowest BCUT2D eigenvalue weighted by Gasteiger charge is -2.27. The summed E-state index contributed by atoms with van der Waals surface area (Å²) in [4.78, 5) is 6.95. The highest BCUT2D eigenvalue weighted by Gasteiger charge is 2.18. The van der Waals surface area contributed by atoms with Gasteiger partial charge < -0.3 is 14.7 Å². The maximum Gasteiger partial charge on any atom is 0.0462 e. The van der Waals surface area contributed by atoms with Crippen molar-refractivity contribution in [3.05, 3.63) is 345 Å². The molecule has 0 bridgehead atoms. The van der Waals surface area contributed by atoms with Crippen LogP contribution in [0.15, 0.2) is 334 Å². The van der Waals surface area contributed by atoms with Crippen LogP contribution >= 0.6 is 0 Å². The Morgan fingerprint density at radius 2 is 0.289 bits per heavy atom. The van der Waals surface area contributed by atoms with Crippen molar-refractivity contribution in [2.45, 2.75) is 13.8 Å². The van der Waals surface area contributed by atoms with E-state index in [0.717, 1.165) is 84.6 Å². The molecule has 0 amide bonds. The second-order valence-corrected chi connectivity index (χ2v) is 21.2. The molecule has 13 rings (SSSR count). The van der Waals surface area contributed by atoms with Crippen LogP contribution in [-0.4, -0.2) is 0 Å². The summed E-state index contributed by atoms with van der Waals surface area (Å²) in [7, 11) is 0. The highest BCUT2D eigenvalue weighted by molar-refractivity contribution is 5.86. The van der Waals surface area contributed by atoms with Gasteiger partial charge in [0.25, 0.3) is 0 Å². The molecule has 0 unspecified atom stereocenters. The van der Waals surface area contributed by atoms with Gasteiger partial charge in [-0.2, -0.15) is 0 Å². The molecule has 0 heterocycles. The molecule has 0 saturated carbocycles. The van der Waals surface area contributed by atoms with Gasteiger partial charge in [0.05, 0.1) is 0 Å². The average Bonchev–Trinajstić information content (AvgIpc) is 3.57. The van der Waals surface area contributed by atoms with E-state index in [1.165, 1.54) is 44.5 Å². The quantitative estimate of drug-likeness (QED) is 0.101. The molecule has 0 aromatic heterocycles. The van der Waals surface area contributed by atoms with Gasteiger partial charge >= 0.3 is 0 Å². The number of nitrogens with zero attached hydrogens (tertiary/aromatic N) is 3. The fraction of sp³-hybridized carbons (Fsp3) is 0.0250. The van der Waals surface area contributed by atoms with Crippen LogP contribution < -0.4 is 14.7 Å². The first-order valence-electron chi connectivity index (χ1n) is 28.5. The second kappa shape index (κ2) is 23.5. The number of para-hydroxylation sites is 4. The predicted molar refractivity (Wildman–Crippen MR) is 353 cm³/mol. The average molecular weight is 1060 g/mol. The molecule has 0 aliphatic carbocycles. The molecule has 13 aromatic rings. The summed E-state index contributed by atoms with van der Waals surface area (Å²) in [5.41, 5.74) is 26.5. The van der Waals surface area contributed by atoms with Crippen molar-refractivity contribution in [3.8, 4) is 66.8 Å². The minimum Gasteiger partial charge on any atom is -0.311 e. The Morgan fingerprint density at radius 1 is 0.145 bits per heavy atom. The maximum atomic E-state index is 2.36. The van der Waals surface area contributed by atoms with Crippen molar-refractivity contribution in [3.63, 3.8) is 0 Å². The third kappa shape index (κ3) is 11.4. The van der Waals surface area contributed by atoms with Crippen LogP contribution in [0.25, 0.3) is 66.8 Å². The molecular weight excluding hydrogens is 1000 g/mol. The van der Waals surface area contributed by atoms with Crippen LogP contribution in [0.1, 0.15) is 11.1 Å². The maximum absolute atomic E-state index is 2.36. The minimum absolute atomic E-state index is 1.07. The highest BCUT2D eigenvalue weighted by Crippen LogP contribution is 2.42. The van der Waals surface area contributed by atoms with E-state index in [0.29, 0.717) is 0 Å². The number of rotatable bonds is 15. The van der Waals surface area contributed by atoms with E-state index in [9.17, 15) is 0 Å². The standard InChI is InChI=1S/C80H61N3/c1-58-23-27-66(28-24-58)69-55-70(67-29-25-59(2)26-30-67)57-71(56-69)68-33-31-60(32-34-68)61-35-49-78(50-36-61)83(79-51-41-64(42-52-79)62-37-45-76(46-38-62)81(72-15-7-3-8-16-72)73-17-9-4-10-18-73)80-53-43-65(44-54-80)63-39-47-77(48-40-63)82(74-19-11-5-12-20-74)75-21-13-6-14-22-75/h3-57H,1-2H3. The van der Waals surface area contributed by atoms with Gasteiger partial charge in [0.1, 0.15) is 0 Å².